The maximum absolute atomic E-state index is 5.44. The van der Waals surface area contributed by atoms with Crippen LogP contribution in [-0.2, 0) is 0 Å². The minimum atomic E-state index is 0.620. The quantitative estimate of drug-likeness (QED) is 0.449. The number of rotatable bonds is 10. The molecule has 0 rings (SSSR count). The van der Waals surface area contributed by atoms with Crippen molar-refractivity contribution in [2.45, 2.75) is 50.2 Å². The molecule has 1 nitrogen and oxygen atoms in total. The molecule has 0 amide bonds. The third-order valence-corrected chi connectivity index (χ3v) is 3.59. The number of nitrogens with two attached hydrogens (primary N) is 1. The van der Waals surface area contributed by atoms with Crippen LogP contribution in [0.1, 0.15) is 44.9 Å². The van der Waals surface area contributed by atoms with Crippen LogP contribution < -0.4 is 5.73 Å². The summed E-state index contributed by atoms with van der Waals surface area (Å²) in [6, 6.07) is 0. The van der Waals surface area contributed by atoms with Gasteiger partial charge in [-0.25, -0.2) is 0 Å². The highest BCUT2D eigenvalue weighted by atomic mass is 32.2. The Balaban J connectivity index is 3.07. The van der Waals surface area contributed by atoms with Crippen molar-refractivity contribution >= 4 is 24.4 Å². The monoisotopic (exact) mass is 235 g/mol. The molecule has 0 heterocycles. The zero-order valence-corrected chi connectivity index (χ0v) is 11.1. The lowest BCUT2D eigenvalue weighted by Crippen LogP contribution is -2.01. The van der Waals surface area contributed by atoms with Crippen LogP contribution in [0.4, 0.5) is 0 Å². The maximum atomic E-state index is 5.44. The van der Waals surface area contributed by atoms with Crippen LogP contribution in [0.25, 0.3) is 0 Å². The smallest absolute Gasteiger partial charge is 0.00168 e. The number of thiol groups is 1. The van der Waals surface area contributed by atoms with Gasteiger partial charge in [0, 0.05) is 5.25 Å². The van der Waals surface area contributed by atoms with Gasteiger partial charge in [0.25, 0.3) is 0 Å². The largest absolute Gasteiger partial charge is 0.330 e. The molecule has 0 aromatic rings. The normalized spacial score (nSPS) is 13.1. The second-order valence-electron chi connectivity index (χ2n) is 3.78. The van der Waals surface area contributed by atoms with Crippen molar-refractivity contribution in [2.24, 2.45) is 5.73 Å². The standard InChI is InChI=1S/C11H25NS2/c1-14-10-6-4-8-11(13)7-3-2-5-9-12/h11,13H,2-10,12H2,1H3. The van der Waals surface area contributed by atoms with E-state index >= 15 is 0 Å². The lowest BCUT2D eigenvalue weighted by atomic mass is 10.1. The first kappa shape index (κ1) is 14.7. The molecule has 1 atom stereocenters. The first-order valence-corrected chi connectivity index (χ1v) is 7.59. The number of thioether (sulfide) groups is 1. The maximum Gasteiger partial charge on any atom is 0.00168 e. The van der Waals surface area contributed by atoms with Gasteiger partial charge >= 0.3 is 0 Å². The Hall–Kier alpha value is 0.660. The Morgan fingerprint density at radius 3 is 2.29 bits per heavy atom. The topological polar surface area (TPSA) is 26.0 Å². The molecule has 0 bridgehead atoms. The van der Waals surface area contributed by atoms with E-state index in [9.17, 15) is 0 Å². The van der Waals surface area contributed by atoms with E-state index in [-0.39, 0.29) is 0 Å². The lowest BCUT2D eigenvalue weighted by Gasteiger charge is -2.09. The molecule has 0 spiro atoms. The van der Waals surface area contributed by atoms with E-state index in [1.54, 1.807) is 0 Å². The predicted octanol–water partition coefficient (Wildman–Crippen LogP) is 3.34. The van der Waals surface area contributed by atoms with Crippen molar-refractivity contribution in [3.63, 3.8) is 0 Å². The second kappa shape index (κ2) is 11.7. The minimum Gasteiger partial charge on any atom is -0.330 e. The molecule has 0 aliphatic rings. The predicted molar refractivity (Wildman–Crippen MR) is 72.5 cm³/mol. The average Bonchev–Trinajstić information content (AvgIpc) is 2.19. The molecule has 1 unspecified atom stereocenters. The molecule has 86 valence electrons. The molecule has 0 aromatic heterocycles. The van der Waals surface area contributed by atoms with Gasteiger partial charge in [-0.1, -0.05) is 19.3 Å². The van der Waals surface area contributed by atoms with Crippen molar-refractivity contribution < 1.29 is 0 Å². The number of hydrogen-bond donors (Lipinski definition) is 2. The summed E-state index contributed by atoms with van der Waals surface area (Å²) in [5.41, 5.74) is 5.44. The van der Waals surface area contributed by atoms with Crippen molar-refractivity contribution in [1.29, 1.82) is 0 Å². The molecule has 3 heteroatoms. The van der Waals surface area contributed by atoms with E-state index in [4.69, 9.17) is 5.73 Å². The molecular weight excluding hydrogens is 210 g/mol. The Kier molecular flexibility index (Phi) is 12.3. The van der Waals surface area contributed by atoms with Gasteiger partial charge in [-0.05, 0) is 44.2 Å². The highest BCUT2D eigenvalue weighted by Crippen LogP contribution is 2.15. The van der Waals surface area contributed by atoms with Gasteiger partial charge in [0.15, 0.2) is 0 Å². The minimum absolute atomic E-state index is 0.620. The summed E-state index contributed by atoms with van der Waals surface area (Å²) in [7, 11) is 0. The molecule has 0 aliphatic heterocycles. The fourth-order valence-electron chi connectivity index (χ4n) is 1.47. The van der Waals surface area contributed by atoms with Crippen molar-refractivity contribution in [3.05, 3.63) is 0 Å². The molecule has 0 radical (unpaired) electrons. The van der Waals surface area contributed by atoms with Crippen LogP contribution >= 0.6 is 24.4 Å². The first-order valence-electron chi connectivity index (χ1n) is 5.68. The fraction of sp³-hybridized carbons (Fsp3) is 1.00. The first-order chi connectivity index (χ1) is 6.81. The summed E-state index contributed by atoms with van der Waals surface area (Å²) < 4.78 is 0. The highest BCUT2D eigenvalue weighted by Gasteiger charge is 2.02. The summed E-state index contributed by atoms with van der Waals surface area (Å²) >= 11 is 6.54. The lowest BCUT2D eigenvalue weighted by molar-refractivity contribution is 0.593. The van der Waals surface area contributed by atoms with Gasteiger partial charge in [-0.2, -0.15) is 24.4 Å². The van der Waals surface area contributed by atoms with E-state index in [1.165, 1.54) is 50.7 Å². The summed E-state index contributed by atoms with van der Waals surface area (Å²) in [5.74, 6) is 1.30. The van der Waals surface area contributed by atoms with Crippen molar-refractivity contribution in [2.75, 3.05) is 18.6 Å². The molecular formula is C11H25NS2. The molecule has 0 aromatic carbocycles. The van der Waals surface area contributed by atoms with E-state index < -0.39 is 0 Å². The van der Waals surface area contributed by atoms with Gasteiger partial charge < -0.3 is 5.73 Å². The van der Waals surface area contributed by atoms with Crippen LogP contribution in [0.3, 0.4) is 0 Å². The zero-order valence-electron chi connectivity index (χ0n) is 9.37. The van der Waals surface area contributed by atoms with E-state index in [2.05, 4.69) is 18.9 Å². The number of unbranched alkanes of at least 4 members (excludes halogenated alkanes) is 3. The van der Waals surface area contributed by atoms with Gasteiger partial charge in [0.2, 0.25) is 0 Å². The molecule has 0 aliphatic carbocycles. The van der Waals surface area contributed by atoms with Crippen LogP contribution in [-0.4, -0.2) is 23.8 Å². The van der Waals surface area contributed by atoms with Crippen LogP contribution in [0.5, 0.6) is 0 Å². The molecule has 2 N–H and O–H groups in total. The Morgan fingerprint density at radius 2 is 1.71 bits per heavy atom. The summed E-state index contributed by atoms with van der Waals surface area (Å²) in [4.78, 5) is 0. The average molecular weight is 235 g/mol. The Morgan fingerprint density at radius 1 is 1.07 bits per heavy atom. The third kappa shape index (κ3) is 10.7. The van der Waals surface area contributed by atoms with Gasteiger partial charge in [-0.15, -0.1) is 0 Å². The van der Waals surface area contributed by atoms with Crippen molar-refractivity contribution in [1.82, 2.24) is 0 Å². The number of hydrogen-bond acceptors (Lipinski definition) is 3. The third-order valence-electron chi connectivity index (χ3n) is 2.38. The van der Waals surface area contributed by atoms with Gasteiger partial charge in [-0.3, -0.25) is 0 Å². The molecule has 0 fully saturated rings. The zero-order chi connectivity index (χ0) is 10.6. The van der Waals surface area contributed by atoms with E-state index in [0.29, 0.717) is 5.25 Å². The Bertz CT molecular complexity index is 97.5. The summed E-state index contributed by atoms with van der Waals surface area (Å²) in [5, 5.41) is 0.620. The molecule has 14 heavy (non-hydrogen) atoms. The molecule has 0 saturated carbocycles. The van der Waals surface area contributed by atoms with Crippen molar-refractivity contribution in [3.8, 4) is 0 Å². The fourth-order valence-corrected chi connectivity index (χ4v) is 2.33. The summed E-state index contributed by atoms with van der Waals surface area (Å²) in [6.07, 6.45) is 11.2. The molecule has 0 saturated heterocycles. The highest BCUT2D eigenvalue weighted by molar-refractivity contribution is 7.98. The SMILES string of the molecule is CSCCCCC(S)CCCCCN. The van der Waals surface area contributed by atoms with E-state index in [1.807, 2.05) is 11.8 Å². The van der Waals surface area contributed by atoms with Crippen LogP contribution in [0.2, 0.25) is 0 Å². The van der Waals surface area contributed by atoms with Crippen LogP contribution in [0.15, 0.2) is 0 Å². The summed E-state index contributed by atoms with van der Waals surface area (Å²) in [6.45, 7) is 0.838. The van der Waals surface area contributed by atoms with Crippen LogP contribution in [0, 0.1) is 0 Å². The second-order valence-corrected chi connectivity index (χ2v) is 5.50. The van der Waals surface area contributed by atoms with Gasteiger partial charge in [0.05, 0.1) is 0 Å². The van der Waals surface area contributed by atoms with E-state index in [0.717, 1.165) is 6.54 Å². The van der Waals surface area contributed by atoms with Gasteiger partial charge in [0.1, 0.15) is 0 Å². The Labute approximate surface area is 99.0 Å².